The molecule has 9 nitrogen and oxygen atoms in total. The molecule has 226 valence electrons. The maximum atomic E-state index is 14.2. The lowest BCUT2D eigenvalue weighted by Crippen LogP contribution is -2.37. The minimum absolute atomic E-state index is 0.128. The highest BCUT2D eigenvalue weighted by Gasteiger charge is 2.35. The van der Waals surface area contributed by atoms with E-state index < -0.39 is 24.1 Å². The number of carbonyl (C=O) groups is 1. The maximum Gasteiger partial charge on any atom is 0.573 e. The number of methoxy groups -OCH3 is 2. The molecule has 1 amide bonds. The van der Waals surface area contributed by atoms with Gasteiger partial charge in [0, 0.05) is 40.5 Å². The molecule has 4 rings (SSSR count). The van der Waals surface area contributed by atoms with Gasteiger partial charge in [-0.1, -0.05) is 28.9 Å². The monoisotopic (exact) mass is 616 g/mol. The molecule has 1 aliphatic rings. The fourth-order valence-corrected chi connectivity index (χ4v) is 4.76. The van der Waals surface area contributed by atoms with Gasteiger partial charge in [0.05, 0.1) is 38.1 Å². The zero-order valence-electron chi connectivity index (χ0n) is 23.5. The predicted molar refractivity (Wildman–Crippen MR) is 155 cm³/mol. The molecule has 0 bridgehead atoms. The fourth-order valence-electron chi connectivity index (χ4n) is 4.60. The summed E-state index contributed by atoms with van der Waals surface area (Å²) in [7, 11) is 2.93. The lowest BCUT2D eigenvalue weighted by molar-refractivity contribution is -0.274. The lowest BCUT2D eigenvalue weighted by Gasteiger charge is -2.27. The molecule has 3 aromatic rings. The van der Waals surface area contributed by atoms with Crippen molar-refractivity contribution in [2.75, 3.05) is 37.6 Å². The minimum Gasteiger partial charge on any atom is -0.497 e. The number of nitrogens with one attached hydrogen (secondary N) is 1. The van der Waals surface area contributed by atoms with Crippen molar-refractivity contribution in [1.29, 1.82) is 5.26 Å². The molecule has 0 fully saturated rings. The summed E-state index contributed by atoms with van der Waals surface area (Å²) in [5.41, 5.74) is 3.06. The van der Waals surface area contributed by atoms with Gasteiger partial charge in [0.2, 0.25) is 0 Å². The van der Waals surface area contributed by atoms with Gasteiger partial charge in [0.1, 0.15) is 29.9 Å². The first kappa shape index (κ1) is 31.3. The van der Waals surface area contributed by atoms with E-state index in [1.165, 1.54) is 37.3 Å². The number of fused-ring (bicyclic) bond motifs is 1. The van der Waals surface area contributed by atoms with Crippen LogP contribution in [0.5, 0.6) is 17.2 Å². The van der Waals surface area contributed by atoms with Crippen LogP contribution in [0, 0.1) is 11.3 Å². The first-order chi connectivity index (χ1) is 20.5. The third-order valence-corrected chi connectivity index (χ3v) is 6.82. The number of nitriles is 1. The van der Waals surface area contributed by atoms with Crippen molar-refractivity contribution >= 4 is 34.6 Å². The van der Waals surface area contributed by atoms with Crippen LogP contribution >= 0.6 is 11.6 Å². The van der Waals surface area contributed by atoms with Crippen LogP contribution in [-0.2, 0) is 16.1 Å². The number of halogens is 4. The molecule has 0 saturated carbocycles. The number of hydrogen-bond donors (Lipinski definition) is 1. The smallest absolute Gasteiger partial charge is 0.497 e. The molecule has 1 N–H and O–H groups in total. The topological polar surface area (TPSA) is 105 Å². The molecule has 1 unspecified atom stereocenters. The number of anilines is 2. The highest BCUT2D eigenvalue weighted by Crippen LogP contribution is 2.38. The summed E-state index contributed by atoms with van der Waals surface area (Å²) in [5, 5.41) is 16.4. The predicted octanol–water partition coefficient (Wildman–Crippen LogP) is 6.65. The van der Waals surface area contributed by atoms with Gasteiger partial charge in [-0.3, -0.25) is 4.79 Å². The highest BCUT2D eigenvalue weighted by atomic mass is 35.5. The zero-order valence-corrected chi connectivity index (χ0v) is 24.3. The zero-order chi connectivity index (χ0) is 31.1. The molecule has 43 heavy (non-hydrogen) atoms. The second-order valence-corrected chi connectivity index (χ2v) is 9.85. The van der Waals surface area contributed by atoms with E-state index >= 15 is 0 Å². The molecule has 0 radical (unpaired) electrons. The third kappa shape index (κ3) is 7.81. The Balaban J connectivity index is 1.74. The van der Waals surface area contributed by atoms with Crippen molar-refractivity contribution in [1.82, 2.24) is 0 Å². The molecule has 0 saturated heterocycles. The number of oxime groups is 1. The summed E-state index contributed by atoms with van der Waals surface area (Å²) in [6.07, 6.45) is -4.25. The Morgan fingerprint density at radius 3 is 2.60 bits per heavy atom. The van der Waals surface area contributed by atoms with Crippen molar-refractivity contribution in [3.8, 4) is 23.3 Å². The van der Waals surface area contributed by atoms with E-state index in [0.717, 1.165) is 0 Å². The number of alkyl halides is 3. The number of hydrogen-bond acceptors (Lipinski definition) is 8. The van der Waals surface area contributed by atoms with Crippen LogP contribution in [0.4, 0.5) is 24.5 Å². The minimum atomic E-state index is -4.88. The quantitative estimate of drug-likeness (QED) is 0.146. The van der Waals surface area contributed by atoms with Crippen LogP contribution in [0.2, 0.25) is 5.02 Å². The first-order valence-electron chi connectivity index (χ1n) is 13.1. The maximum absolute atomic E-state index is 14.2. The molecule has 3 aromatic carbocycles. The molecule has 0 aromatic heterocycles. The van der Waals surface area contributed by atoms with Gasteiger partial charge in [-0.15, -0.1) is 13.2 Å². The Morgan fingerprint density at radius 2 is 1.91 bits per heavy atom. The summed E-state index contributed by atoms with van der Waals surface area (Å²) < 4.78 is 53.9. The van der Waals surface area contributed by atoms with E-state index in [0.29, 0.717) is 56.7 Å². The number of carbonyl (C=O) groups excluding carboxylic acids is 1. The summed E-state index contributed by atoms with van der Waals surface area (Å²) in [4.78, 5) is 20.9. The number of nitrogens with zero attached hydrogens (tertiary/aromatic N) is 3. The number of rotatable bonds is 11. The number of amides is 1. The van der Waals surface area contributed by atoms with Gasteiger partial charge in [0.15, 0.2) is 0 Å². The van der Waals surface area contributed by atoms with Gasteiger partial charge < -0.3 is 29.3 Å². The normalized spacial score (nSPS) is 13.5. The molecule has 1 heterocycles. The number of ether oxygens (including phenoxy) is 3. The average Bonchev–Trinajstić information content (AvgIpc) is 3.40. The molecule has 13 heteroatoms. The summed E-state index contributed by atoms with van der Waals surface area (Å²) in [6.45, 7) is 2.09. The van der Waals surface area contributed by atoms with Crippen molar-refractivity contribution in [2.45, 2.75) is 32.2 Å². The first-order valence-corrected chi connectivity index (χ1v) is 13.4. The van der Waals surface area contributed by atoms with E-state index in [4.69, 9.17) is 31.2 Å². The van der Waals surface area contributed by atoms with Crippen LogP contribution in [-0.4, -0.2) is 45.4 Å². The van der Waals surface area contributed by atoms with Crippen molar-refractivity contribution in [3.05, 3.63) is 76.3 Å². The van der Waals surface area contributed by atoms with Gasteiger partial charge in [-0.2, -0.15) is 5.26 Å². The van der Waals surface area contributed by atoms with Crippen molar-refractivity contribution in [3.63, 3.8) is 0 Å². The Kier molecular flexibility index (Phi) is 9.88. The molecule has 0 spiro atoms. The van der Waals surface area contributed by atoms with Crippen molar-refractivity contribution in [2.24, 2.45) is 5.16 Å². The average molecular weight is 617 g/mol. The van der Waals surface area contributed by atoms with E-state index in [1.807, 2.05) is 6.07 Å². The van der Waals surface area contributed by atoms with Gasteiger partial charge >= 0.3 is 6.36 Å². The molecule has 0 aliphatic carbocycles. The second kappa shape index (κ2) is 13.6. The molecule has 1 aliphatic heterocycles. The SMILES string of the molecule is COc1cc(NC(C(=O)N2CCc3ccc(OC(F)(F)F)cc32)c2ccc(Cl)cc2OC)cc(/C(C)=N/OCCC#N)c1. The van der Waals surface area contributed by atoms with Crippen LogP contribution in [0.3, 0.4) is 0 Å². The second-order valence-electron chi connectivity index (χ2n) is 9.41. The van der Waals surface area contributed by atoms with Crippen LogP contribution in [0.25, 0.3) is 0 Å². The largest absolute Gasteiger partial charge is 0.573 e. The summed E-state index contributed by atoms with van der Waals surface area (Å²) in [6, 6.07) is 14.9. The Bertz CT molecular complexity index is 1560. The van der Waals surface area contributed by atoms with E-state index in [1.54, 1.807) is 43.3 Å². The van der Waals surface area contributed by atoms with E-state index in [9.17, 15) is 18.0 Å². The van der Waals surface area contributed by atoms with Crippen LogP contribution < -0.4 is 24.4 Å². The Hall–Kier alpha value is -4.63. The molecular weight excluding hydrogens is 589 g/mol. The molecule has 1 atom stereocenters. The Labute approximate surface area is 251 Å². The van der Waals surface area contributed by atoms with Gasteiger partial charge in [0.25, 0.3) is 5.91 Å². The van der Waals surface area contributed by atoms with E-state index in [-0.39, 0.29) is 19.6 Å². The standard InChI is InChI=1S/C30H28ClF3N4O5/c1-18(37-42-12-4-10-35)20-13-22(16-24(14-20)40-2)36-28(25-8-6-21(31)15-27(25)41-3)29(39)38-11-9-19-5-7-23(17-26(19)38)43-30(32,33)34/h5-8,13-17,28,36H,4,9,11-12H2,1-3H3/b37-18+. The fraction of sp³-hybridized carbons (Fsp3) is 0.300. The van der Waals surface area contributed by atoms with Crippen molar-refractivity contribution < 1.29 is 37.0 Å². The van der Waals surface area contributed by atoms with Crippen LogP contribution in [0.1, 0.15) is 36.1 Å². The summed E-state index contributed by atoms with van der Waals surface area (Å²) in [5.74, 6) is -0.0816. The van der Waals surface area contributed by atoms with Crippen LogP contribution in [0.15, 0.2) is 59.8 Å². The molecular formula is C30H28ClF3N4O5. The number of benzene rings is 3. The van der Waals surface area contributed by atoms with Gasteiger partial charge in [-0.25, -0.2) is 0 Å². The highest BCUT2D eigenvalue weighted by molar-refractivity contribution is 6.30. The lowest BCUT2D eigenvalue weighted by atomic mass is 10.0. The van der Waals surface area contributed by atoms with E-state index in [2.05, 4.69) is 15.2 Å². The third-order valence-electron chi connectivity index (χ3n) is 6.58. The Morgan fingerprint density at radius 1 is 1.12 bits per heavy atom. The summed E-state index contributed by atoms with van der Waals surface area (Å²) >= 11 is 6.20. The van der Waals surface area contributed by atoms with Gasteiger partial charge in [-0.05, 0) is 49.2 Å².